The smallest absolute Gasteiger partial charge is 0.0948 e. The van der Waals surface area contributed by atoms with Crippen molar-refractivity contribution in [3.8, 4) is 0 Å². The molecule has 1 atom stereocenters. The molecule has 5 heteroatoms. The van der Waals surface area contributed by atoms with E-state index in [-0.39, 0.29) is 0 Å². The third kappa shape index (κ3) is 4.22. The molecule has 23 heavy (non-hydrogen) atoms. The van der Waals surface area contributed by atoms with Gasteiger partial charge < -0.3 is 4.57 Å². The summed E-state index contributed by atoms with van der Waals surface area (Å²) in [7, 11) is 0. The standard InChI is InChI=1S/C18H28N4S/c1-3-21-9-5-7-16(21)12-20(14-18-8-6-10-23-18)13-17-11-19-15-22(17)4-2/h6,8,10-11,15-16H,3-5,7,9,12-14H2,1-2H3/t16-/m1/s1. The number of imidazole rings is 1. The molecule has 0 N–H and O–H groups in total. The van der Waals surface area contributed by atoms with Crippen molar-refractivity contribution >= 4 is 11.3 Å². The van der Waals surface area contributed by atoms with Gasteiger partial charge in [0.05, 0.1) is 12.0 Å². The maximum absolute atomic E-state index is 4.33. The monoisotopic (exact) mass is 332 g/mol. The van der Waals surface area contributed by atoms with Crippen molar-refractivity contribution in [2.45, 2.75) is 52.4 Å². The van der Waals surface area contributed by atoms with E-state index in [2.05, 4.69) is 50.7 Å². The van der Waals surface area contributed by atoms with Crippen LogP contribution in [0.5, 0.6) is 0 Å². The van der Waals surface area contributed by atoms with E-state index in [1.54, 1.807) is 0 Å². The number of hydrogen-bond acceptors (Lipinski definition) is 4. The average Bonchev–Trinajstić information content (AvgIpc) is 3.28. The van der Waals surface area contributed by atoms with Crippen LogP contribution in [0.2, 0.25) is 0 Å². The molecular formula is C18H28N4S. The molecular weight excluding hydrogens is 304 g/mol. The Hall–Kier alpha value is -1.17. The van der Waals surface area contributed by atoms with Crippen LogP contribution in [0.15, 0.2) is 30.0 Å². The Bertz CT molecular complexity index is 578. The zero-order valence-corrected chi connectivity index (χ0v) is 15.1. The number of likely N-dealkylation sites (N-methyl/N-ethyl adjacent to an activating group) is 1. The SMILES string of the molecule is CCN1CCC[C@@H]1CN(Cc1cccs1)Cc1cncn1CC. The summed E-state index contributed by atoms with van der Waals surface area (Å²) in [5, 5.41) is 2.18. The van der Waals surface area contributed by atoms with Gasteiger partial charge in [0.2, 0.25) is 0 Å². The minimum atomic E-state index is 0.706. The first kappa shape index (κ1) is 16.7. The zero-order chi connectivity index (χ0) is 16.1. The lowest BCUT2D eigenvalue weighted by molar-refractivity contribution is 0.164. The predicted molar refractivity (Wildman–Crippen MR) is 96.6 cm³/mol. The fourth-order valence-electron chi connectivity index (χ4n) is 3.62. The van der Waals surface area contributed by atoms with Crippen LogP contribution in [0.25, 0.3) is 0 Å². The van der Waals surface area contributed by atoms with Gasteiger partial charge in [0, 0.05) is 43.3 Å². The van der Waals surface area contributed by atoms with Gasteiger partial charge in [0.25, 0.3) is 0 Å². The lowest BCUT2D eigenvalue weighted by Gasteiger charge is -2.30. The number of thiophene rings is 1. The minimum absolute atomic E-state index is 0.706. The van der Waals surface area contributed by atoms with Crippen molar-refractivity contribution in [2.24, 2.45) is 0 Å². The highest BCUT2D eigenvalue weighted by molar-refractivity contribution is 7.09. The Morgan fingerprint density at radius 1 is 1.30 bits per heavy atom. The van der Waals surface area contributed by atoms with Gasteiger partial charge in [-0.05, 0) is 44.3 Å². The highest BCUT2D eigenvalue weighted by Gasteiger charge is 2.25. The zero-order valence-electron chi connectivity index (χ0n) is 14.3. The fraction of sp³-hybridized carbons (Fsp3) is 0.611. The van der Waals surface area contributed by atoms with Crippen molar-refractivity contribution in [1.82, 2.24) is 19.4 Å². The number of hydrogen-bond donors (Lipinski definition) is 0. The summed E-state index contributed by atoms with van der Waals surface area (Å²) in [6.45, 7) is 11.1. The summed E-state index contributed by atoms with van der Waals surface area (Å²) >= 11 is 1.86. The third-order valence-electron chi connectivity index (χ3n) is 4.86. The minimum Gasteiger partial charge on any atom is -0.334 e. The second-order valence-electron chi connectivity index (χ2n) is 6.34. The molecule has 3 heterocycles. The number of likely N-dealkylation sites (tertiary alicyclic amines) is 1. The Labute approximate surface area is 143 Å². The van der Waals surface area contributed by atoms with Gasteiger partial charge in [-0.3, -0.25) is 9.80 Å². The molecule has 0 bridgehead atoms. The molecule has 2 aromatic rings. The molecule has 126 valence electrons. The number of rotatable bonds is 8. The van der Waals surface area contributed by atoms with E-state index in [1.807, 2.05) is 23.9 Å². The first-order valence-corrected chi connectivity index (χ1v) is 9.66. The molecule has 0 aromatic carbocycles. The second-order valence-corrected chi connectivity index (χ2v) is 7.38. The lowest BCUT2D eigenvalue weighted by atomic mass is 10.2. The first-order chi connectivity index (χ1) is 11.3. The molecule has 1 fully saturated rings. The number of nitrogens with zero attached hydrogens (tertiary/aromatic N) is 4. The van der Waals surface area contributed by atoms with Crippen molar-refractivity contribution in [3.63, 3.8) is 0 Å². The average molecular weight is 333 g/mol. The van der Waals surface area contributed by atoms with Crippen molar-refractivity contribution in [3.05, 3.63) is 40.6 Å². The fourth-order valence-corrected chi connectivity index (χ4v) is 4.36. The highest BCUT2D eigenvalue weighted by Crippen LogP contribution is 2.21. The molecule has 0 saturated carbocycles. The molecule has 4 nitrogen and oxygen atoms in total. The maximum Gasteiger partial charge on any atom is 0.0948 e. The highest BCUT2D eigenvalue weighted by atomic mass is 32.1. The van der Waals surface area contributed by atoms with Crippen molar-refractivity contribution in [1.29, 1.82) is 0 Å². The van der Waals surface area contributed by atoms with Gasteiger partial charge in [0.15, 0.2) is 0 Å². The topological polar surface area (TPSA) is 24.3 Å². The lowest BCUT2D eigenvalue weighted by Crippen LogP contribution is -2.40. The quantitative estimate of drug-likeness (QED) is 0.740. The summed E-state index contributed by atoms with van der Waals surface area (Å²) < 4.78 is 2.26. The first-order valence-electron chi connectivity index (χ1n) is 8.78. The summed E-state index contributed by atoms with van der Waals surface area (Å²) in [6, 6.07) is 5.11. The van der Waals surface area contributed by atoms with E-state index >= 15 is 0 Å². The normalized spacial score (nSPS) is 19.0. The molecule has 0 spiro atoms. The predicted octanol–water partition coefficient (Wildman–Crippen LogP) is 3.45. The molecule has 0 amide bonds. The van der Waals surface area contributed by atoms with E-state index < -0.39 is 0 Å². The van der Waals surface area contributed by atoms with Crippen LogP contribution in [-0.2, 0) is 19.6 Å². The van der Waals surface area contributed by atoms with Crippen LogP contribution < -0.4 is 0 Å². The van der Waals surface area contributed by atoms with Crippen LogP contribution in [0.1, 0.15) is 37.3 Å². The van der Waals surface area contributed by atoms with E-state index in [0.717, 1.165) is 26.2 Å². The van der Waals surface area contributed by atoms with Gasteiger partial charge in [-0.25, -0.2) is 4.98 Å². The van der Waals surface area contributed by atoms with E-state index in [0.29, 0.717) is 6.04 Å². The van der Waals surface area contributed by atoms with Crippen LogP contribution in [0, 0.1) is 0 Å². The molecule has 0 radical (unpaired) electrons. The van der Waals surface area contributed by atoms with Crippen molar-refractivity contribution in [2.75, 3.05) is 19.6 Å². The molecule has 1 aliphatic heterocycles. The summed E-state index contributed by atoms with van der Waals surface area (Å²) in [5.41, 5.74) is 1.32. The van der Waals surface area contributed by atoms with E-state index in [9.17, 15) is 0 Å². The summed E-state index contributed by atoms with van der Waals surface area (Å²) in [5.74, 6) is 0. The van der Waals surface area contributed by atoms with Gasteiger partial charge in [-0.15, -0.1) is 11.3 Å². The molecule has 2 aromatic heterocycles. The van der Waals surface area contributed by atoms with Crippen LogP contribution >= 0.6 is 11.3 Å². The molecule has 1 saturated heterocycles. The van der Waals surface area contributed by atoms with Crippen molar-refractivity contribution < 1.29 is 0 Å². The van der Waals surface area contributed by atoms with Crippen LogP contribution in [-0.4, -0.2) is 45.0 Å². The summed E-state index contributed by atoms with van der Waals surface area (Å²) in [6.07, 6.45) is 6.66. The Morgan fingerprint density at radius 2 is 2.22 bits per heavy atom. The second kappa shape index (κ2) is 8.08. The Balaban J connectivity index is 1.70. The van der Waals surface area contributed by atoms with E-state index in [4.69, 9.17) is 0 Å². The summed E-state index contributed by atoms with van der Waals surface area (Å²) in [4.78, 5) is 11.0. The molecule has 0 aliphatic carbocycles. The largest absolute Gasteiger partial charge is 0.334 e. The molecule has 1 aliphatic rings. The van der Waals surface area contributed by atoms with Gasteiger partial charge in [0.1, 0.15) is 0 Å². The van der Waals surface area contributed by atoms with Gasteiger partial charge in [-0.2, -0.15) is 0 Å². The Kier molecular flexibility index (Phi) is 5.86. The molecule has 3 rings (SSSR count). The third-order valence-corrected chi connectivity index (χ3v) is 5.72. The Morgan fingerprint density at radius 3 is 2.96 bits per heavy atom. The molecule has 0 unspecified atom stereocenters. The number of aryl methyl sites for hydroxylation is 1. The van der Waals surface area contributed by atoms with Crippen LogP contribution in [0.3, 0.4) is 0 Å². The van der Waals surface area contributed by atoms with Crippen LogP contribution in [0.4, 0.5) is 0 Å². The van der Waals surface area contributed by atoms with Gasteiger partial charge in [-0.1, -0.05) is 13.0 Å². The number of aromatic nitrogens is 2. The van der Waals surface area contributed by atoms with E-state index in [1.165, 1.54) is 36.5 Å². The maximum atomic E-state index is 4.33. The van der Waals surface area contributed by atoms with Gasteiger partial charge >= 0.3 is 0 Å².